The van der Waals surface area contributed by atoms with E-state index in [1.807, 2.05) is 0 Å². The first kappa shape index (κ1) is 13.5. The molecule has 0 aliphatic rings. The molecule has 3 N–H and O–H groups in total. The van der Waals surface area contributed by atoms with E-state index >= 15 is 0 Å². The molecule has 0 aliphatic heterocycles. The molecular weight excluding hydrogens is 269 g/mol. The number of nitrogens with one attached hydrogen (secondary N) is 1. The molecule has 3 nitrogen and oxygen atoms in total. The predicted octanol–water partition coefficient (Wildman–Crippen LogP) is 4.06. The lowest BCUT2D eigenvalue weighted by molar-refractivity contribution is 0.434. The summed E-state index contributed by atoms with van der Waals surface area (Å²) in [5.74, 6) is -0.454. The van der Waals surface area contributed by atoms with Gasteiger partial charge in [0.15, 0.2) is 0 Å². The van der Waals surface area contributed by atoms with Gasteiger partial charge in [-0.25, -0.2) is 4.39 Å². The van der Waals surface area contributed by atoms with E-state index in [0.29, 0.717) is 11.3 Å². The van der Waals surface area contributed by atoms with Crippen molar-refractivity contribution in [3.8, 4) is 11.5 Å². The number of phenolic OH excluding ortho intramolecular Hbond substituents is 2. The van der Waals surface area contributed by atoms with Crippen LogP contribution >= 0.6 is 11.6 Å². The second kappa shape index (κ2) is 5.36. The minimum atomic E-state index is -0.423. The van der Waals surface area contributed by atoms with E-state index < -0.39 is 5.82 Å². The fraction of sp³-hybridized carbons (Fsp3) is 0.143. The zero-order valence-electron chi connectivity index (χ0n) is 10.2. The maximum absolute atomic E-state index is 12.9. The van der Waals surface area contributed by atoms with Crippen LogP contribution in [0.1, 0.15) is 18.5 Å². The van der Waals surface area contributed by atoms with Crippen LogP contribution in [0, 0.1) is 5.82 Å². The van der Waals surface area contributed by atoms with Gasteiger partial charge in [-0.3, -0.25) is 0 Å². The highest BCUT2D eigenvalue weighted by Gasteiger charge is 2.15. The molecule has 0 heterocycles. The summed E-state index contributed by atoms with van der Waals surface area (Å²) in [4.78, 5) is 0. The van der Waals surface area contributed by atoms with Gasteiger partial charge in [-0.1, -0.05) is 17.7 Å². The first-order valence-corrected chi connectivity index (χ1v) is 6.09. The first-order valence-electron chi connectivity index (χ1n) is 5.71. The summed E-state index contributed by atoms with van der Waals surface area (Å²) in [5, 5.41) is 22.8. The Labute approximate surface area is 115 Å². The number of rotatable bonds is 3. The standard InChI is InChI=1S/C14H13ClFNO2/c1-8(14-12(18)3-2-4-13(14)19)17-11-6-5-9(16)7-10(11)15/h2-8,17-19H,1H3. The molecule has 1 atom stereocenters. The number of benzene rings is 2. The topological polar surface area (TPSA) is 52.5 Å². The Kier molecular flexibility index (Phi) is 3.81. The van der Waals surface area contributed by atoms with Gasteiger partial charge >= 0.3 is 0 Å². The van der Waals surface area contributed by atoms with Crippen LogP contribution in [-0.2, 0) is 0 Å². The molecule has 0 spiro atoms. The molecule has 100 valence electrons. The molecule has 0 saturated carbocycles. The largest absolute Gasteiger partial charge is 0.507 e. The van der Waals surface area contributed by atoms with Crippen molar-refractivity contribution < 1.29 is 14.6 Å². The molecule has 0 saturated heterocycles. The quantitative estimate of drug-likeness (QED) is 0.795. The Morgan fingerprint density at radius 3 is 2.37 bits per heavy atom. The molecule has 2 aromatic rings. The van der Waals surface area contributed by atoms with Crippen molar-refractivity contribution in [1.82, 2.24) is 0 Å². The van der Waals surface area contributed by atoms with Gasteiger partial charge in [0.05, 0.1) is 22.3 Å². The number of phenols is 2. The van der Waals surface area contributed by atoms with E-state index in [-0.39, 0.29) is 22.6 Å². The van der Waals surface area contributed by atoms with Crippen LogP contribution in [0.5, 0.6) is 11.5 Å². The fourth-order valence-corrected chi connectivity index (χ4v) is 2.12. The Bertz CT molecular complexity index is 584. The second-order valence-corrected chi connectivity index (χ2v) is 4.61. The Hall–Kier alpha value is -1.94. The van der Waals surface area contributed by atoms with Crippen molar-refractivity contribution in [2.75, 3.05) is 5.32 Å². The number of hydrogen-bond donors (Lipinski definition) is 3. The predicted molar refractivity (Wildman–Crippen MR) is 73.2 cm³/mol. The molecule has 2 rings (SSSR count). The maximum Gasteiger partial charge on any atom is 0.124 e. The van der Waals surface area contributed by atoms with Crippen LogP contribution < -0.4 is 5.32 Å². The van der Waals surface area contributed by atoms with Gasteiger partial charge in [-0.15, -0.1) is 0 Å². The Balaban J connectivity index is 2.28. The third-order valence-electron chi connectivity index (χ3n) is 2.80. The number of aromatic hydroxyl groups is 2. The lowest BCUT2D eigenvalue weighted by Gasteiger charge is -2.18. The molecule has 0 bridgehead atoms. The molecule has 0 aliphatic carbocycles. The minimum absolute atomic E-state index is 0.0155. The SMILES string of the molecule is CC(Nc1ccc(F)cc1Cl)c1c(O)cccc1O. The van der Waals surface area contributed by atoms with Crippen LogP contribution in [0.25, 0.3) is 0 Å². The van der Waals surface area contributed by atoms with Gasteiger partial charge in [0, 0.05) is 0 Å². The van der Waals surface area contributed by atoms with Crippen LogP contribution in [0.4, 0.5) is 10.1 Å². The summed E-state index contributed by atoms with van der Waals surface area (Å²) in [6, 6.07) is 8.12. The Morgan fingerprint density at radius 2 is 1.79 bits per heavy atom. The lowest BCUT2D eigenvalue weighted by atomic mass is 10.1. The van der Waals surface area contributed by atoms with E-state index in [1.165, 1.54) is 30.3 Å². The van der Waals surface area contributed by atoms with Gasteiger partial charge in [0.25, 0.3) is 0 Å². The molecule has 19 heavy (non-hydrogen) atoms. The molecule has 0 radical (unpaired) electrons. The molecular formula is C14H13ClFNO2. The normalized spacial score (nSPS) is 12.2. The number of anilines is 1. The van der Waals surface area contributed by atoms with Gasteiger partial charge in [0.1, 0.15) is 17.3 Å². The van der Waals surface area contributed by atoms with E-state index in [2.05, 4.69) is 5.32 Å². The van der Waals surface area contributed by atoms with Crippen molar-refractivity contribution in [2.24, 2.45) is 0 Å². The van der Waals surface area contributed by atoms with E-state index in [1.54, 1.807) is 13.0 Å². The van der Waals surface area contributed by atoms with Gasteiger partial charge in [-0.2, -0.15) is 0 Å². The smallest absolute Gasteiger partial charge is 0.124 e. The van der Waals surface area contributed by atoms with E-state index in [4.69, 9.17) is 11.6 Å². The van der Waals surface area contributed by atoms with Crippen molar-refractivity contribution in [1.29, 1.82) is 0 Å². The van der Waals surface area contributed by atoms with Gasteiger partial charge < -0.3 is 15.5 Å². The maximum atomic E-state index is 12.9. The number of hydrogen-bond acceptors (Lipinski definition) is 3. The molecule has 2 aromatic carbocycles. The van der Waals surface area contributed by atoms with Crippen molar-refractivity contribution in [3.63, 3.8) is 0 Å². The molecule has 0 aromatic heterocycles. The summed E-state index contributed by atoms with van der Waals surface area (Å²) < 4.78 is 12.9. The van der Waals surface area contributed by atoms with Crippen molar-refractivity contribution in [2.45, 2.75) is 13.0 Å². The Morgan fingerprint density at radius 1 is 1.16 bits per heavy atom. The van der Waals surface area contributed by atoms with E-state index in [0.717, 1.165) is 0 Å². The summed E-state index contributed by atoms with van der Waals surface area (Å²) in [7, 11) is 0. The van der Waals surface area contributed by atoms with Crippen LogP contribution in [0.15, 0.2) is 36.4 Å². The third-order valence-corrected chi connectivity index (χ3v) is 3.11. The molecule has 5 heteroatoms. The van der Waals surface area contributed by atoms with Gasteiger partial charge in [-0.05, 0) is 37.3 Å². The summed E-state index contributed by atoms with van der Waals surface area (Å²) in [5.41, 5.74) is 0.890. The highest BCUT2D eigenvalue weighted by Crippen LogP contribution is 2.35. The summed E-state index contributed by atoms with van der Waals surface area (Å²) >= 11 is 5.91. The molecule has 0 fully saturated rings. The van der Waals surface area contributed by atoms with Crippen LogP contribution in [0.3, 0.4) is 0 Å². The lowest BCUT2D eigenvalue weighted by Crippen LogP contribution is -2.07. The second-order valence-electron chi connectivity index (χ2n) is 4.20. The first-order chi connectivity index (χ1) is 8.99. The molecule has 1 unspecified atom stereocenters. The highest BCUT2D eigenvalue weighted by molar-refractivity contribution is 6.33. The van der Waals surface area contributed by atoms with Crippen LogP contribution in [-0.4, -0.2) is 10.2 Å². The molecule has 0 amide bonds. The summed E-state index contributed by atoms with van der Waals surface area (Å²) in [6.45, 7) is 1.76. The number of halogens is 2. The van der Waals surface area contributed by atoms with Crippen molar-refractivity contribution >= 4 is 17.3 Å². The highest BCUT2D eigenvalue weighted by atomic mass is 35.5. The minimum Gasteiger partial charge on any atom is -0.507 e. The third kappa shape index (κ3) is 2.90. The van der Waals surface area contributed by atoms with Crippen LogP contribution in [0.2, 0.25) is 5.02 Å². The zero-order valence-corrected chi connectivity index (χ0v) is 10.9. The summed E-state index contributed by atoms with van der Waals surface area (Å²) in [6.07, 6.45) is 0. The van der Waals surface area contributed by atoms with Gasteiger partial charge in [0.2, 0.25) is 0 Å². The zero-order chi connectivity index (χ0) is 14.0. The average Bonchev–Trinajstić information content (AvgIpc) is 2.32. The van der Waals surface area contributed by atoms with E-state index in [9.17, 15) is 14.6 Å². The van der Waals surface area contributed by atoms with Crippen molar-refractivity contribution in [3.05, 3.63) is 52.8 Å². The average molecular weight is 282 g/mol. The fourth-order valence-electron chi connectivity index (χ4n) is 1.90. The monoisotopic (exact) mass is 281 g/mol.